The van der Waals surface area contributed by atoms with E-state index >= 15 is 0 Å². The van der Waals surface area contributed by atoms with Crippen LogP contribution in [0.25, 0.3) is 15.7 Å². The summed E-state index contributed by atoms with van der Waals surface area (Å²) in [6, 6.07) is 15.8. The number of halogens is 1. The highest BCUT2D eigenvalue weighted by Gasteiger charge is 2.20. The molecule has 24 heavy (non-hydrogen) atoms. The van der Waals surface area contributed by atoms with Gasteiger partial charge in [0.25, 0.3) is 0 Å². The van der Waals surface area contributed by atoms with E-state index in [1.807, 2.05) is 36.4 Å². The molecule has 0 bridgehead atoms. The van der Waals surface area contributed by atoms with E-state index in [0.717, 1.165) is 39.4 Å². The molecule has 0 amide bonds. The summed E-state index contributed by atoms with van der Waals surface area (Å²) in [5, 5.41) is 13.8. The van der Waals surface area contributed by atoms with Gasteiger partial charge in [-0.3, -0.25) is 0 Å². The predicted octanol–water partition coefficient (Wildman–Crippen LogP) is 5.82. The van der Waals surface area contributed by atoms with Crippen molar-refractivity contribution in [3.8, 4) is 6.07 Å². The van der Waals surface area contributed by atoms with E-state index in [9.17, 15) is 9.65 Å². The summed E-state index contributed by atoms with van der Waals surface area (Å²) in [4.78, 5) is 1.07. The van der Waals surface area contributed by atoms with Gasteiger partial charge >= 0.3 is 0 Å². The van der Waals surface area contributed by atoms with Crippen molar-refractivity contribution in [3.05, 3.63) is 64.5 Å². The largest absolute Gasteiger partial charge is 0.353 e. The first-order valence-corrected chi connectivity index (χ1v) is 8.69. The van der Waals surface area contributed by atoms with Crippen LogP contribution in [-0.2, 0) is 6.42 Å². The monoisotopic (exact) mass is 334 g/mol. The van der Waals surface area contributed by atoms with Gasteiger partial charge in [0.2, 0.25) is 0 Å². The van der Waals surface area contributed by atoms with E-state index in [-0.39, 0.29) is 0 Å². The van der Waals surface area contributed by atoms with Crippen LogP contribution in [-0.4, -0.2) is 6.67 Å². The minimum atomic E-state index is -0.417. The molecule has 4 heteroatoms. The molecule has 2 aromatic carbocycles. The zero-order valence-electron chi connectivity index (χ0n) is 13.0. The number of hydrogen-bond acceptors (Lipinski definition) is 3. The van der Waals surface area contributed by atoms with Gasteiger partial charge in [0, 0.05) is 4.88 Å². The second-order valence-corrected chi connectivity index (χ2v) is 6.80. The van der Waals surface area contributed by atoms with Gasteiger partial charge in [-0.15, -0.1) is 11.3 Å². The van der Waals surface area contributed by atoms with Crippen molar-refractivity contribution in [3.63, 3.8) is 0 Å². The van der Waals surface area contributed by atoms with Crippen molar-refractivity contribution >= 4 is 38.4 Å². The maximum atomic E-state index is 13.3. The van der Waals surface area contributed by atoms with Gasteiger partial charge < -0.3 is 5.32 Å². The van der Waals surface area contributed by atoms with Crippen LogP contribution in [0.15, 0.2) is 48.5 Å². The Morgan fingerprint density at radius 3 is 2.79 bits per heavy atom. The van der Waals surface area contributed by atoms with E-state index < -0.39 is 6.67 Å². The van der Waals surface area contributed by atoms with Crippen molar-refractivity contribution in [1.82, 2.24) is 0 Å². The Hall–Kier alpha value is -2.64. The number of hydrogen-bond donors (Lipinski definition) is 1. The molecule has 0 atom stereocenters. The van der Waals surface area contributed by atoms with Crippen LogP contribution in [0.1, 0.15) is 22.4 Å². The SMILES string of the molecule is N#Cc1ccccc1Nc1cccc2c3c(sc12)C(CF)=CCC3. The summed E-state index contributed by atoms with van der Waals surface area (Å²) in [6.45, 7) is -0.417. The highest BCUT2D eigenvalue weighted by molar-refractivity contribution is 7.21. The lowest BCUT2D eigenvalue weighted by molar-refractivity contribution is 0.570. The van der Waals surface area contributed by atoms with Crippen LogP contribution < -0.4 is 5.32 Å². The lowest BCUT2D eigenvalue weighted by Crippen LogP contribution is -1.97. The Balaban J connectivity index is 1.85. The third kappa shape index (κ3) is 2.38. The molecule has 1 aliphatic rings. The zero-order valence-corrected chi connectivity index (χ0v) is 13.8. The van der Waals surface area contributed by atoms with E-state index in [2.05, 4.69) is 17.5 Å². The first kappa shape index (κ1) is 14.9. The molecule has 3 aromatic rings. The average Bonchev–Trinajstić information content (AvgIpc) is 3.02. The van der Waals surface area contributed by atoms with Crippen LogP contribution in [0, 0.1) is 11.3 Å². The molecule has 1 N–H and O–H groups in total. The summed E-state index contributed by atoms with van der Waals surface area (Å²) in [6.07, 6.45) is 3.86. The van der Waals surface area contributed by atoms with Crippen molar-refractivity contribution in [2.75, 3.05) is 12.0 Å². The van der Waals surface area contributed by atoms with Gasteiger partial charge in [-0.2, -0.15) is 5.26 Å². The normalized spacial score (nSPS) is 13.2. The molecule has 0 fully saturated rings. The van der Waals surface area contributed by atoms with Crippen molar-refractivity contribution in [2.24, 2.45) is 0 Å². The number of nitrogens with zero attached hydrogens (tertiary/aromatic N) is 1. The zero-order chi connectivity index (χ0) is 16.5. The van der Waals surface area contributed by atoms with Gasteiger partial charge in [-0.1, -0.05) is 30.3 Å². The molecule has 0 radical (unpaired) electrons. The molecule has 0 spiro atoms. The number of nitrogens with one attached hydrogen (secondary N) is 1. The number of rotatable bonds is 3. The van der Waals surface area contributed by atoms with Crippen LogP contribution in [0.4, 0.5) is 15.8 Å². The molecule has 4 rings (SSSR count). The number of thiophene rings is 1. The number of nitriles is 1. The maximum absolute atomic E-state index is 13.3. The molecule has 1 aromatic heterocycles. The van der Waals surface area contributed by atoms with Crippen LogP contribution in [0.3, 0.4) is 0 Å². The Morgan fingerprint density at radius 1 is 1.12 bits per heavy atom. The van der Waals surface area contributed by atoms with Gasteiger partial charge in [-0.05, 0) is 47.6 Å². The van der Waals surface area contributed by atoms with Crippen molar-refractivity contribution in [2.45, 2.75) is 12.8 Å². The fourth-order valence-electron chi connectivity index (χ4n) is 3.21. The van der Waals surface area contributed by atoms with E-state index in [1.165, 1.54) is 10.9 Å². The molecule has 118 valence electrons. The minimum absolute atomic E-state index is 0.417. The number of benzene rings is 2. The van der Waals surface area contributed by atoms with Gasteiger partial charge in [0.1, 0.15) is 12.7 Å². The third-order valence-corrected chi connectivity index (χ3v) is 5.71. The van der Waals surface area contributed by atoms with E-state index in [1.54, 1.807) is 17.4 Å². The summed E-state index contributed by atoms with van der Waals surface area (Å²) < 4.78 is 14.4. The summed E-state index contributed by atoms with van der Waals surface area (Å²) in [5.74, 6) is 0. The molecule has 0 unspecified atom stereocenters. The third-order valence-electron chi connectivity index (χ3n) is 4.36. The average molecular weight is 334 g/mol. The number of alkyl halides is 1. The topological polar surface area (TPSA) is 35.8 Å². The highest BCUT2D eigenvalue weighted by Crippen LogP contribution is 2.43. The molecule has 2 nitrogen and oxygen atoms in total. The van der Waals surface area contributed by atoms with Gasteiger partial charge in [0.15, 0.2) is 0 Å². The summed E-state index contributed by atoms with van der Waals surface area (Å²) >= 11 is 1.64. The lowest BCUT2D eigenvalue weighted by atomic mass is 9.96. The fraction of sp³-hybridized carbons (Fsp3) is 0.150. The predicted molar refractivity (Wildman–Crippen MR) is 98.5 cm³/mol. The molecule has 1 aliphatic carbocycles. The van der Waals surface area contributed by atoms with Gasteiger partial charge in [-0.25, -0.2) is 4.39 Å². The standard InChI is InChI=1S/C20H15FN2S/c21-11-13-6-3-7-15-16-8-4-10-18(20(16)24-19(13)15)23-17-9-2-1-5-14(17)12-22/h1-2,4-6,8-10,23H,3,7,11H2. The first-order chi connectivity index (χ1) is 11.8. The minimum Gasteiger partial charge on any atom is -0.353 e. The number of fused-ring (bicyclic) bond motifs is 3. The lowest BCUT2D eigenvalue weighted by Gasteiger charge is -2.11. The number of allylic oxidation sites excluding steroid dienone is 2. The van der Waals surface area contributed by atoms with E-state index in [0.29, 0.717) is 5.56 Å². The number of aryl methyl sites for hydroxylation is 1. The van der Waals surface area contributed by atoms with Gasteiger partial charge in [0.05, 0.1) is 21.6 Å². The highest BCUT2D eigenvalue weighted by atomic mass is 32.1. The Labute approximate surface area is 143 Å². The Morgan fingerprint density at radius 2 is 1.96 bits per heavy atom. The second kappa shape index (κ2) is 6.10. The summed E-state index contributed by atoms with van der Waals surface area (Å²) in [7, 11) is 0. The molecule has 0 aliphatic heterocycles. The summed E-state index contributed by atoms with van der Waals surface area (Å²) in [5.41, 5.74) is 4.43. The van der Waals surface area contributed by atoms with Crippen molar-refractivity contribution < 1.29 is 4.39 Å². The first-order valence-electron chi connectivity index (χ1n) is 7.87. The smallest absolute Gasteiger partial charge is 0.116 e. The van der Waals surface area contributed by atoms with Crippen LogP contribution in [0.2, 0.25) is 0 Å². The fourth-order valence-corrected chi connectivity index (χ4v) is 4.55. The molecule has 0 saturated carbocycles. The Kier molecular flexibility index (Phi) is 3.79. The van der Waals surface area contributed by atoms with E-state index in [4.69, 9.17) is 0 Å². The number of anilines is 2. The maximum Gasteiger partial charge on any atom is 0.116 e. The molecule has 0 saturated heterocycles. The molecular weight excluding hydrogens is 319 g/mol. The quantitative estimate of drug-likeness (QED) is 0.655. The molecular formula is C20H15FN2S. The number of para-hydroxylation sites is 1. The second-order valence-electron chi connectivity index (χ2n) is 5.78. The van der Waals surface area contributed by atoms with Crippen molar-refractivity contribution in [1.29, 1.82) is 5.26 Å². The molecule has 1 heterocycles. The van der Waals surface area contributed by atoms with Crippen LogP contribution >= 0.6 is 11.3 Å². The Bertz CT molecular complexity index is 995. The van der Waals surface area contributed by atoms with Crippen LogP contribution in [0.5, 0.6) is 0 Å².